The summed E-state index contributed by atoms with van der Waals surface area (Å²) in [7, 11) is 1.61. The molecule has 2 nitrogen and oxygen atoms in total. The molecule has 0 amide bonds. The Kier molecular flexibility index (Phi) is 4.15. The first-order chi connectivity index (χ1) is 7.10. The Morgan fingerprint density at radius 2 is 2.20 bits per heavy atom. The predicted octanol–water partition coefficient (Wildman–Crippen LogP) is 3.35. The van der Waals surface area contributed by atoms with E-state index < -0.39 is 0 Å². The number of benzene rings is 1. The molecule has 0 fully saturated rings. The Bertz CT molecular complexity index is 361. The third-order valence-corrected chi connectivity index (χ3v) is 2.97. The third kappa shape index (κ3) is 2.72. The number of aldehydes is 1. The highest BCUT2D eigenvalue weighted by molar-refractivity contribution is 6.31. The van der Waals surface area contributed by atoms with Crippen LogP contribution in [0.15, 0.2) is 12.1 Å². The Hall–Kier alpha value is -1.02. The summed E-state index contributed by atoms with van der Waals surface area (Å²) >= 11 is 6.07. The van der Waals surface area contributed by atoms with E-state index in [9.17, 15) is 4.79 Å². The van der Waals surface area contributed by atoms with E-state index in [-0.39, 0.29) is 5.92 Å². The molecule has 1 rings (SSSR count). The lowest BCUT2D eigenvalue weighted by Crippen LogP contribution is -1.99. The van der Waals surface area contributed by atoms with Gasteiger partial charge in [0.25, 0.3) is 0 Å². The molecule has 15 heavy (non-hydrogen) atoms. The van der Waals surface area contributed by atoms with Gasteiger partial charge in [0, 0.05) is 11.4 Å². The van der Waals surface area contributed by atoms with E-state index in [0.717, 1.165) is 23.2 Å². The van der Waals surface area contributed by atoms with E-state index in [2.05, 4.69) is 0 Å². The van der Waals surface area contributed by atoms with Crippen molar-refractivity contribution >= 4 is 17.9 Å². The molecule has 1 atom stereocenters. The molecular formula is C12H15ClO2. The molecule has 0 spiro atoms. The first-order valence-electron chi connectivity index (χ1n) is 4.87. The van der Waals surface area contributed by atoms with Crippen molar-refractivity contribution in [3.63, 3.8) is 0 Å². The number of carbonyl (C=O) groups excluding carboxylic acids is 1. The van der Waals surface area contributed by atoms with Gasteiger partial charge in [0.15, 0.2) is 0 Å². The molecule has 0 aromatic heterocycles. The fourth-order valence-electron chi connectivity index (χ4n) is 1.58. The molecule has 82 valence electrons. The van der Waals surface area contributed by atoms with E-state index in [1.165, 1.54) is 0 Å². The van der Waals surface area contributed by atoms with Gasteiger partial charge in [-0.3, -0.25) is 0 Å². The summed E-state index contributed by atoms with van der Waals surface area (Å²) in [6, 6.07) is 3.73. The van der Waals surface area contributed by atoms with E-state index in [1.54, 1.807) is 13.2 Å². The van der Waals surface area contributed by atoms with Gasteiger partial charge in [-0.1, -0.05) is 18.5 Å². The molecule has 0 radical (unpaired) electrons. The van der Waals surface area contributed by atoms with Crippen LogP contribution in [0.3, 0.4) is 0 Å². The summed E-state index contributed by atoms with van der Waals surface area (Å²) in [5.41, 5.74) is 2.10. The second-order valence-electron chi connectivity index (χ2n) is 3.63. The van der Waals surface area contributed by atoms with Crippen LogP contribution in [-0.4, -0.2) is 13.4 Å². The highest BCUT2D eigenvalue weighted by Gasteiger charge is 2.12. The van der Waals surface area contributed by atoms with Gasteiger partial charge in [-0.15, -0.1) is 0 Å². The van der Waals surface area contributed by atoms with Crippen molar-refractivity contribution in [1.82, 2.24) is 0 Å². The number of rotatable bonds is 4. The highest BCUT2D eigenvalue weighted by atomic mass is 35.5. The monoisotopic (exact) mass is 226 g/mol. The molecule has 0 aliphatic heterocycles. The van der Waals surface area contributed by atoms with Crippen LogP contribution in [0.25, 0.3) is 0 Å². The van der Waals surface area contributed by atoms with Crippen LogP contribution in [0.4, 0.5) is 0 Å². The maximum absolute atomic E-state index is 10.5. The quantitative estimate of drug-likeness (QED) is 0.736. The molecule has 0 saturated carbocycles. The Balaban J connectivity index is 3.14. The maximum atomic E-state index is 10.5. The van der Waals surface area contributed by atoms with Gasteiger partial charge >= 0.3 is 0 Å². The lowest BCUT2D eigenvalue weighted by Gasteiger charge is -2.14. The average Bonchev–Trinajstić information content (AvgIpc) is 2.22. The van der Waals surface area contributed by atoms with Gasteiger partial charge in [0.2, 0.25) is 0 Å². The Labute approximate surface area is 95.2 Å². The number of hydrogen-bond donors (Lipinski definition) is 0. The van der Waals surface area contributed by atoms with Crippen molar-refractivity contribution in [1.29, 1.82) is 0 Å². The minimum Gasteiger partial charge on any atom is -0.497 e. The summed E-state index contributed by atoms with van der Waals surface area (Å²) in [5, 5.41) is 0.682. The SMILES string of the molecule is COc1cc(Cl)c(C)c(C(C)CC=O)c1. The van der Waals surface area contributed by atoms with Gasteiger partial charge in [-0.25, -0.2) is 0 Å². The summed E-state index contributed by atoms with van der Waals surface area (Å²) in [5.74, 6) is 0.911. The number of methoxy groups -OCH3 is 1. The fourth-order valence-corrected chi connectivity index (χ4v) is 1.79. The summed E-state index contributed by atoms with van der Waals surface area (Å²) < 4.78 is 5.15. The molecule has 1 unspecified atom stereocenters. The Morgan fingerprint density at radius 1 is 1.53 bits per heavy atom. The van der Waals surface area contributed by atoms with Gasteiger partial charge in [0.1, 0.15) is 12.0 Å². The van der Waals surface area contributed by atoms with Crippen LogP contribution in [0, 0.1) is 6.92 Å². The van der Waals surface area contributed by atoms with Crippen LogP contribution in [-0.2, 0) is 4.79 Å². The van der Waals surface area contributed by atoms with E-state index in [1.807, 2.05) is 19.9 Å². The smallest absolute Gasteiger partial charge is 0.120 e. The second kappa shape index (κ2) is 5.17. The molecule has 0 N–H and O–H groups in total. The Morgan fingerprint density at radius 3 is 2.73 bits per heavy atom. The molecular weight excluding hydrogens is 212 g/mol. The first-order valence-corrected chi connectivity index (χ1v) is 5.25. The largest absolute Gasteiger partial charge is 0.497 e. The zero-order chi connectivity index (χ0) is 11.4. The van der Waals surface area contributed by atoms with Crippen molar-refractivity contribution in [3.05, 3.63) is 28.3 Å². The van der Waals surface area contributed by atoms with Crippen LogP contribution >= 0.6 is 11.6 Å². The zero-order valence-corrected chi connectivity index (χ0v) is 9.97. The van der Waals surface area contributed by atoms with Crippen molar-refractivity contribution in [3.8, 4) is 5.75 Å². The molecule has 1 aromatic carbocycles. The lowest BCUT2D eigenvalue weighted by atomic mass is 9.94. The molecule has 0 heterocycles. The molecule has 0 saturated heterocycles. The first kappa shape index (κ1) is 12.1. The zero-order valence-electron chi connectivity index (χ0n) is 9.21. The van der Waals surface area contributed by atoms with E-state index in [4.69, 9.17) is 16.3 Å². The standard InChI is InChI=1S/C12H15ClO2/c1-8(4-5-14)11-6-10(15-3)7-12(13)9(11)2/h5-8H,4H2,1-3H3. The number of ether oxygens (including phenoxy) is 1. The molecule has 0 aliphatic rings. The van der Waals surface area contributed by atoms with Crippen LogP contribution in [0.5, 0.6) is 5.75 Å². The second-order valence-corrected chi connectivity index (χ2v) is 4.03. The highest BCUT2D eigenvalue weighted by Crippen LogP contribution is 2.31. The van der Waals surface area contributed by atoms with Crippen molar-refractivity contribution in [2.45, 2.75) is 26.2 Å². The minimum absolute atomic E-state index is 0.176. The van der Waals surface area contributed by atoms with Gasteiger partial charge < -0.3 is 9.53 Å². The van der Waals surface area contributed by atoms with Gasteiger partial charge in [0.05, 0.1) is 7.11 Å². The van der Waals surface area contributed by atoms with E-state index >= 15 is 0 Å². The van der Waals surface area contributed by atoms with Crippen LogP contribution in [0.1, 0.15) is 30.4 Å². The van der Waals surface area contributed by atoms with Crippen molar-refractivity contribution < 1.29 is 9.53 Å². The predicted molar refractivity (Wildman–Crippen MR) is 61.8 cm³/mol. The summed E-state index contributed by atoms with van der Waals surface area (Å²) in [4.78, 5) is 10.5. The van der Waals surface area contributed by atoms with Crippen molar-refractivity contribution in [2.75, 3.05) is 7.11 Å². The molecule has 1 aromatic rings. The number of hydrogen-bond acceptors (Lipinski definition) is 2. The topological polar surface area (TPSA) is 26.3 Å². The minimum atomic E-state index is 0.176. The van der Waals surface area contributed by atoms with Crippen LogP contribution in [0.2, 0.25) is 5.02 Å². The van der Waals surface area contributed by atoms with Gasteiger partial charge in [-0.05, 0) is 36.1 Å². The van der Waals surface area contributed by atoms with Gasteiger partial charge in [-0.2, -0.15) is 0 Å². The fraction of sp³-hybridized carbons (Fsp3) is 0.417. The molecule has 3 heteroatoms. The normalized spacial score (nSPS) is 12.3. The molecule has 0 bridgehead atoms. The van der Waals surface area contributed by atoms with Crippen LogP contribution < -0.4 is 4.74 Å². The summed E-state index contributed by atoms with van der Waals surface area (Å²) in [6.07, 6.45) is 1.43. The lowest BCUT2D eigenvalue weighted by molar-refractivity contribution is -0.108. The number of carbonyl (C=O) groups is 1. The number of halogens is 1. The molecule has 0 aliphatic carbocycles. The third-order valence-electron chi connectivity index (χ3n) is 2.57. The van der Waals surface area contributed by atoms with Crippen molar-refractivity contribution in [2.24, 2.45) is 0 Å². The average molecular weight is 227 g/mol. The summed E-state index contributed by atoms with van der Waals surface area (Å²) in [6.45, 7) is 3.96. The maximum Gasteiger partial charge on any atom is 0.120 e. The van der Waals surface area contributed by atoms with E-state index in [0.29, 0.717) is 11.4 Å².